The first-order valence-electron chi connectivity index (χ1n) is 8.87. The smallest absolute Gasteiger partial charge is 0.339 e. The molecule has 1 aromatic rings. The normalized spacial score (nSPS) is 21.7. The molecule has 1 aliphatic heterocycles. The van der Waals surface area contributed by atoms with Gasteiger partial charge in [-0.3, -0.25) is 4.79 Å². The predicted octanol–water partition coefficient (Wildman–Crippen LogP) is 4.94. The second-order valence-corrected chi connectivity index (χ2v) is 7.28. The van der Waals surface area contributed by atoms with Crippen LogP contribution in [0, 0.1) is 12.8 Å². The Balaban J connectivity index is 2.52. The van der Waals surface area contributed by atoms with E-state index in [4.69, 9.17) is 16.3 Å². The lowest BCUT2D eigenvalue weighted by molar-refractivity contribution is -0.114. The third-order valence-corrected chi connectivity index (χ3v) is 4.86. The van der Waals surface area contributed by atoms with Gasteiger partial charge in [0.05, 0.1) is 10.6 Å². The second-order valence-electron chi connectivity index (χ2n) is 6.90. The molecule has 0 radical (unpaired) electrons. The van der Waals surface area contributed by atoms with Crippen LogP contribution >= 0.6 is 11.6 Å². The highest BCUT2D eigenvalue weighted by Crippen LogP contribution is 2.34. The van der Waals surface area contributed by atoms with Gasteiger partial charge in [0, 0.05) is 12.8 Å². The van der Waals surface area contributed by atoms with Gasteiger partial charge in [0.1, 0.15) is 11.9 Å². The van der Waals surface area contributed by atoms with Crippen LogP contribution in [0.2, 0.25) is 5.02 Å². The Bertz CT molecular complexity index is 747. The number of fused-ring (bicyclic) bond motifs is 1. The van der Waals surface area contributed by atoms with Crippen molar-refractivity contribution in [2.45, 2.75) is 52.6 Å². The largest absolute Gasteiger partial charge is 0.506 e. The Morgan fingerprint density at radius 3 is 2.58 bits per heavy atom. The minimum atomic E-state index is -0.514. The van der Waals surface area contributed by atoms with Crippen LogP contribution in [0.4, 0.5) is 0 Å². The molecule has 0 amide bonds. The highest BCUT2D eigenvalue weighted by atomic mass is 35.5. The summed E-state index contributed by atoms with van der Waals surface area (Å²) in [6, 6.07) is 1.43. The van der Waals surface area contributed by atoms with Crippen molar-refractivity contribution in [3.05, 3.63) is 52.1 Å². The summed E-state index contributed by atoms with van der Waals surface area (Å²) >= 11 is 6.22. The van der Waals surface area contributed by atoms with Crippen molar-refractivity contribution in [1.29, 1.82) is 0 Å². The zero-order valence-corrected chi connectivity index (χ0v) is 16.2. The highest BCUT2D eigenvalue weighted by Gasteiger charge is 2.26. The second kappa shape index (κ2) is 9.04. The number of allylic oxidation sites excluding steroid dienone is 3. The molecule has 1 aliphatic rings. The fourth-order valence-electron chi connectivity index (χ4n) is 2.93. The molecule has 2 rings (SSSR count). The Hall–Kier alpha value is -2.07. The van der Waals surface area contributed by atoms with E-state index >= 15 is 0 Å². The standard InChI is InChI=1S/C21H25ClO4/c1-13(2)18-10-8-6-4-5-7-9-15(23)12-16-19(21(25)26-18)14(3)11-17(24)20(16)22/h6-9,11,13,18,24H,4-5,10,12H2,1-3H3/b8-6+,9-7+/t18-/m0/s1. The third-order valence-electron chi connectivity index (χ3n) is 4.44. The number of hydrogen-bond acceptors (Lipinski definition) is 4. The van der Waals surface area contributed by atoms with Gasteiger partial charge in [0.2, 0.25) is 0 Å². The number of carbonyl (C=O) groups excluding carboxylic acids is 2. The van der Waals surface area contributed by atoms with Crippen LogP contribution in [-0.2, 0) is 16.0 Å². The molecule has 1 N–H and O–H groups in total. The van der Waals surface area contributed by atoms with E-state index < -0.39 is 5.97 Å². The molecular formula is C21H25ClO4. The highest BCUT2D eigenvalue weighted by molar-refractivity contribution is 6.33. The molecule has 1 aromatic carbocycles. The number of aryl methyl sites for hydroxylation is 1. The number of halogens is 1. The van der Waals surface area contributed by atoms with Crippen LogP contribution in [0.3, 0.4) is 0 Å². The van der Waals surface area contributed by atoms with Crippen molar-refractivity contribution in [3.63, 3.8) is 0 Å². The van der Waals surface area contributed by atoms with Crippen LogP contribution in [0.1, 0.15) is 54.6 Å². The number of cyclic esters (lactones) is 1. The lowest BCUT2D eigenvalue weighted by Crippen LogP contribution is -2.25. The van der Waals surface area contributed by atoms with E-state index in [1.165, 1.54) is 12.1 Å². The van der Waals surface area contributed by atoms with Crippen LogP contribution in [0.15, 0.2) is 30.4 Å². The molecule has 0 unspecified atom stereocenters. The third kappa shape index (κ3) is 4.98. The van der Waals surface area contributed by atoms with E-state index in [-0.39, 0.29) is 40.6 Å². The summed E-state index contributed by atoms with van der Waals surface area (Å²) in [4.78, 5) is 25.1. The summed E-state index contributed by atoms with van der Waals surface area (Å²) in [5.74, 6) is -0.681. The fourth-order valence-corrected chi connectivity index (χ4v) is 3.15. The van der Waals surface area contributed by atoms with Crippen molar-refractivity contribution in [2.75, 3.05) is 0 Å². The number of aromatic hydroxyl groups is 1. The maximum atomic E-state index is 12.9. The number of esters is 1. The first kappa shape index (κ1) is 20.2. The van der Waals surface area contributed by atoms with Crippen molar-refractivity contribution in [1.82, 2.24) is 0 Å². The van der Waals surface area contributed by atoms with Gasteiger partial charge >= 0.3 is 5.97 Å². The molecule has 1 atom stereocenters. The van der Waals surface area contributed by atoms with Gasteiger partial charge < -0.3 is 9.84 Å². The van der Waals surface area contributed by atoms with E-state index in [1.807, 2.05) is 32.1 Å². The van der Waals surface area contributed by atoms with Crippen molar-refractivity contribution < 1.29 is 19.4 Å². The molecule has 0 spiro atoms. The molecular weight excluding hydrogens is 352 g/mol. The van der Waals surface area contributed by atoms with Gasteiger partial charge in [0.25, 0.3) is 0 Å². The van der Waals surface area contributed by atoms with Crippen molar-refractivity contribution >= 4 is 23.4 Å². The van der Waals surface area contributed by atoms with Gasteiger partial charge in [-0.2, -0.15) is 0 Å². The van der Waals surface area contributed by atoms with E-state index in [0.29, 0.717) is 17.5 Å². The molecule has 0 bridgehead atoms. The van der Waals surface area contributed by atoms with E-state index in [0.717, 1.165) is 12.8 Å². The number of carbonyl (C=O) groups is 2. The van der Waals surface area contributed by atoms with E-state index in [2.05, 4.69) is 0 Å². The number of rotatable bonds is 1. The molecule has 0 saturated carbocycles. The number of phenols is 1. The maximum absolute atomic E-state index is 12.9. The van der Waals surface area contributed by atoms with Crippen LogP contribution < -0.4 is 0 Å². The fraction of sp³-hybridized carbons (Fsp3) is 0.429. The number of phenolic OH excluding ortho intramolecular Hbond substituents is 1. The predicted molar refractivity (Wildman–Crippen MR) is 103 cm³/mol. The van der Waals surface area contributed by atoms with Gasteiger partial charge in [-0.05, 0) is 49.0 Å². The average Bonchev–Trinajstić information content (AvgIpc) is 2.56. The van der Waals surface area contributed by atoms with Gasteiger partial charge in [-0.25, -0.2) is 4.79 Å². The molecule has 140 valence electrons. The van der Waals surface area contributed by atoms with Crippen LogP contribution in [0.5, 0.6) is 5.75 Å². The molecule has 1 heterocycles. The van der Waals surface area contributed by atoms with Gasteiger partial charge in [-0.1, -0.05) is 43.7 Å². The average molecular weight is 377 g/mol. The minimum Gasteiger partial charge on any atom is -0.506 e. The monoisotopic (exact) mass is 376 g/mol. The lowest BCUT2D eigenvalue weighted by atomic mass is 9.96. The summed E-state index contributed by atoms with van der Waals surface area (Å²) in [6.45, 7) is 5.70. The molecule has 0 aliphatic carbocycles. The minimum absolute atomic E-state index is 0.0254. The first-order valence-corrected chi connectivity index (χ1v) is 9.25. The Kier molecular flexibility index (Phi) is 7.04. The van der Waals surface area contributed by atoms with Gasteiger partial charge in [0.15, 0.2) is 5.78 Å². The number of ether oxygens (including phenoxy) is 1. The Morgan fingerprint density at radius 2 is 1.88 bits per heavy atom. The number of hydrogen-bond donors (Lipinski definition) is 1. The zero-order chi connectivity index (χ0) is 19.3. The van der Waals surface area contributed by atoms with E-state index in [9.17, 15) is 14.7 Å². The Morgan fingerprint density at radius 1 is 1.19 bits per heavy atom. The number of benzene rings is 1. The summed E-state index contributed by atoms with van der Waals surface area (Å²) in [6.07, 6.45) is 9.25. The molecule has 5 heteroatoms. The number of ketones is 1. The molecule has 0 fully saturated rings. The van der Waals surface area contributed by atoms with Crippen LogP contribution in [-0.4, -0.2) is 23.0 Å². The molecule has 0 aromatic heterocycles. The van der Waals surface area contributed by atoms with Crippen LogP contribution in [0.25, 0.3) is 0 Å². The summed E-state index contributed by atoms with van der Waals surface area (Å²) in [7, 11) is 0. The SMILES string of the molecule is Cc1cc(O)c(Cl)c2c1C(=O)O[C@H](C(C)C)C/C=C/CC/C=C/C(=O)C2. The van der Waals surface area contributed by atoms with E-state index in [1.54, 1.807) is 6.92 Å². The van der Waals surface area contributed by atoms with Crippen molar-refractivity contribution in [3.8, 4) is 5.75 Å². The quantitative estimate of drug-likeness (QED) is 0.556. The molecule has 4 nitrogen and oxygen atoms in total. The van der Waals surface area contributed by atoms with Crippen molar-refractivity contribution in [2.24, 2.45) is 5.92 Å². The topological polar surface area (TPSA) is 63.6 Å². The first-order chi connectivity index (χ1) is 12.3. The summed E-state index contributed by atoms with van der Waals surface area (Å²) in [5.41, 5.74) is 1.12. The zero-order valence-electron chi connectivity index (χ0n) is 15.4. The molecule has 26 heavy (non-hydrogen) atoms. The summed E-state index contributed by atoms with van der Waals surface area (Å²) in [5, 5.41) is 10.0. The maximum Gasteiger partial charge on any atom is 0.339 e. The Labute approximate surface area is 159 Å². The van der Waals surface area contributed by atoms with Gasteiger partial charge in [-0.15, -0.1) is 0 Å². The summed E-state index contributed by atoms with van der Waals surface area (Å²) < 4.78 is 5.73. The molecule has 0 saturated heterocycles. The lowest BCUT2D eigenvalue weighted by Gasteiger charge is -2.22.